The lowest BCUT2D eigenvalue weighted by Gasteiger charge is -2.15. The van der Waals surface area contributed by atoms with Gasteiger partial charge in [-0.15, -0.1) is 0 Å². The van der Waals surface area contributed by atoms with E-state index in [1.807, 2.05) is 0 Å². The molecule has 20 heavy (non-hydrogen) atoms. The van der Waals surface area contributed by atoms with E-state index in [1.165, 1.54) is 0 Å². The predicted octanol–water partition coefficient (Wildman–Crippen LogP) is 3.57. The number of rotatable bonds is 2. The topological polar surface area (TPSA) is 41.6 Å². The molecule has 0 bridgehead atoms. The molecule has 1 aromatic carbocycles. The van der Waals surface area contributed by atoms with Crippen molar-refractivity contribution < 1.29 is 13.2 Å². The third-order valence-electron chi connectivity index (χ3n) is 3.03. The third-order valence-corrected chi connectivity index (χ3v) is 3.03. The van der Waals surface area contributed by atoms with Crippen molar-refractivity contribution in [1.29, 1.82) is 5.26 Å². The van der Waals surface area contributed by atoms with Crippen LogP contribution in [0.1, 0.15) is 22.4 Å². The van der Waals surface area contributed by atoms with E-state index in [-0.39, 0.29) is 12.0 Å². The van der Waals surface area contributed by atoms with Gasteiger partial charge in [-0.3, -0.25) is 0 Å². The minimum absolute atomic E-state index is 0.109. The average Bonchev–Trinajstić information content (AvgIpc) is 2.73. The highest BCUT2D eigenvalue weighted by Gasteiger charge is 2.38. The molecule has 0 unspecified atom stereocenters. The smallest absolute Gasteiger partial charge is 0.228 e. The molecule has 0 radical (unpaired) electrons. The van der Waals surface area contributed by atoms with Gasteiger partial charge in [-0.2, -0.15) is 23.5 Å². The Morgan fingerprint density at radius 1 is 1.25 bits per heavy atom. The lowest BCUT2D eigenvalue weighted by atomic mass is 10.1. The molecule has 0 fully saturated rings. The number of aromatic nitrogens is 2. The molecule has 104 valence electrons. The second kappa shape index (κ2) is 5.00. The molecule has 0 N–H and O–H groups in total. The van der Waals surface area contributed by atoms with Gasteiger partial charge in [0.05, 0.1) is 24.4 Å². The van der Waals surface area contributed by atoms with Crippen molar-refractivity contribution in [3.8, 4) is 11.8 Å². The van der Waals surface area contributed by atoms with Crippen LogP contribution in [0, 0.1) is 25.2 Å². The van der Waals surface area contributed by atoms with E-state index in [0.717, 1.165) is 10.9 Å². The SMILES string of the molecule is Cc1cccc(C)c1-n1ncc(CC#N)c1C(F)(F)F. The van der Waals surface area contributed by atoms with Crippen molar-refractivity contribution in [2.75, 3.05) is 0 Å². The number of nitrogens with zero attached hydrogens (tertiary/aromatic N) is 3. The fourth-order valence-corrected chi connectivity index (χ4v) is 2.21. The largest absolute Gasteiger partial charge is 0.433 e. The van der Waals surface area contributed by atoms with Gasteiger partial charge in [0, 0.05) is 5.56 Å². The summed E-state index contributed by atoms with van der Waals surface area (Å²) in [6.45, 7) is 3.46. The second-order valence-corrected chi connectivity index (χ2v) is 4.50. The first-order valence-electron chi connectivity index (χ1n) is 5.94. The van der Waals surface area contributed by atoms with Gasteiger partial charge in [-0.25, -0.2) is 4.68 Å². The number of halogens is 3. The molecule has 0 saturated heterocycles. The van der Waals surface area contributed by atoms with Gasteiger partial charge in [-0.05, 0) is 25.0 Å². The average molecular weight is 279 g/mol. The molecule has 0 atom stereocenters. The van der Waals surface area contributed by atoms with E-state index < -0.39 is 11.9 Å². The number of nitriles is 1. The first kappa shape index (κ1) is 14.1. The van der Waals surface area contributed by atoms with Crippen molar-refractivity contribution in [3.63, 3.8) is 0 Å². The van der Waals surface area contributed by atoms with E-state index in [2.05, 4.69) is 5.10 Å². The van der Waals surface area contributed by atoms with Gasteiger partial charge in [0.15, 0.2) is 5.69 Å². The predicted molar refractivity (Wildman–Crippen MR) is 67.4 cm³/mol. The Bertz CT molecular complexity index is 658. The normalized spacial score (nSPS) is 11.4. The van der Waals surface area contributed by atoms with Crippen molar-refractivity contribution in [2.24, 2.45) is 0 Å². The summed E-state index contributed by atoms with van der Waals surface area (Å²) in [4.78, 5) is 0. The van der Waals surface area contributed by atoms with Crippen molar-refractivity contribution in [2.45, 2.75) is 26.4 Å². The van der Waals surface area contributed by atoms with E-state index in [1.54, 1.807) is 38.1 Å². The van der Waals surface area contributed by atoms with Gasteiger partial charge in [0.1, 0.15) is 0 Å². The molecule has 0 spiro atoms. The van der Waals surface area contributed by atoms with Crippen LogP contribution in [0.2, 0.25) is 0 Å². The molecule has 0 amide bonds. The van der Waals surface area contributed by atoms with Gasteiger partial charge >= 0.3 is 6.18 Å². The molecule has 0 aliphatic rings. The fourth-order valence-electron chi connectivity index (χ4n) is 2.21. The maximum Gasteiger partial charge on any atom is 0.433 e. The van der Waals surface area contributed by atoms with Crippen LogP contribution in [0.25, 0.3) is 5.69 Å². The van der Waals surface area contributed by atoms with Gasteiger partial charge in [-0.1, -0.05) is 18.2 Å². The summed E-state index contributed by atoms with van der Waals surface area (Å²) in [6, 6.07) is 6.98. The zero-order valence-corrected chi connectivity index (χ0v) is 11.0. The molecule has 0 aliphatic heterocycles. The molecule has 3 nitrogen and oxygen atoms in total. The van der Waals surface area contributed by atoms with Crippen LogP contribution in [-0.4, -0.2) is 9.78 Å². The van der Waals surface area contributed by atoms with Crippen LogP contribution in [0.4, 0.5) is 13.2 Å². The molecule has 2 aromatic rings. The number of hydrogen-bond acceptors (Lipinski definition) is 2. The Labute approximate surface area is 114 Å². The van der Waals surface area contributed by atoms with Gasteiger partial charge in [0.2, 0.25) is 0 Å². The lowest BCUT2D eigenvalue weighted by Crippen LogP contribution is -2.16. The molecule has 6 heteroatoms. The molecule has 1 aromatic heterocycles. The molecule has 2 rings (SSSR count). The number of para-hydroxylation sites is 1. The molecule has 0 aliphatic carbocycles. The maximum absolute atomic E-state index is 13.2. The monoisotopic (exact) mass is 279 g/mol. The minimum Gasteiger partial charge on any atom is -0.228 e. The van der Waals surface area contributed by atoms with Crippen molar-refractivity contribution in [3.05, 3.63) is 46.8 Å². The number of alkyl halides is 3. The Morgan fingerprint density at radius 2 is 1.85 bits per heavy atom. The Morgan fingerprint density at radius 3 is 2.35 bits per heavy atom. The standard InChI is InChI=1S/C14H12F3N3/c1-9-4-3-5-10(2)12(9)20-13(14(15,16)17)11(6-7-18)8-19-20/h3-5,8H,6H2,1-2H3. The summed E-state index contributed by atoms with van der Waals surface area (Å²) in [7, 11) is 0. The highest BCUT2D eigenvalue weighted by atomic mass is 19.4. The minimum atomic E-state index is -4.56. The summed E-state index contributed by atoms with van der Waals surface area (Å²) in [5, 5.41) is 12.5. The van der Waals surface area contributed by atoms with Gasteiger partial charge < -0.3 is 0 Å². The van der Waals surface area contributed by atoms with E-state index in [0.29, 0.717) is 16.8 Å². The zero-order valence-electron chi connectivity index (χ0n) is 11.0. The summed E-state index contributed by atoms with van der Waals surface area (Å²) in [6.07, 6.45) is -3.77. The second-order valence-electron chi connectivity index (χ2n) is 4.50. The number of benzene rings is 1. The van der Waals surface area contributed by atoms with E-state index in [4.69, 9.17) is 5.26 Å². The first-order chi connectivity index (χ1) is 9.36. The van der Waals surface area contributed by atoms with E-state index >= 15 is 0 Å². The highest BCUT2D eigenvalue weighted by molar-refractivity contribution is 5.48. The Balaban J connectivity index is 2.73. The fraction of sp³-hybridized carbons (Fsp3) is 0.286. The van der Waals surface area contributed by atoms with Crippen molar-refractivity contribution in [1.82, 2.24) is 9.78 Å². The van der Waals surface area contributed by atoms with Gasteiger partial charge in [0.25, 0.3) is 0 Å². The van der Waals surface area contributed by atoms with Crippen molar-refractivity contribution >= 4 is 0 Å². The van der Waals surface area contributed by atoms with Crippen LogP contribution >= 0.6 is 0 Å². The summed E-state index contributed by atoms with van der Waals surface area (Å²) < 4.78 is 40.6. The van der Waals surface area contributed by atoms with Crippen LogP contribution in [0.3, 0.4) is 0 Å². The summed E-state index contributed by atoms with van der Waals surface area (Å²) >= 11 is 0. The Kier molecular flexibility index (Phi) is 3.53. The molecular formula is C14H12F3N3. The summed E-state index contributed by atoms with van der Waals surface area (Å²) in [5.74, 6) is 0. The highest BCUT2D eigenvalue weighted by Crippen LogP contribution is 2.35. The first-order valence-corrected chi connectivity index (χ1v) is 5.94. The van der Waals surface area contributed by atoms with E-state index in [9.17, 15) is 13.2 Å². The van der Waals surface area contributed by atoms with Crippen LogP contribution in [0.15, 0.2) is 24.4 Å². The third kappa shape index (κ3) is 2.39. The number of hydrogen-bond donors (Lipinski definition) is 0. The number of aryl methyl sites for hydroxylation is 2. The quantitative estimate of drug-likeness (QED) is 0.843. The Hall–Kier alpha value is -2.29. The maximum atomic E-state index is 13.2. The molecule has 0 saturated carbocycles. The summed E-state index contributed by atoms with van der Waals surface area (Å²) in [5.41, 5.74) is 0.812. The van der Waals surface area contributed by atoms with Crippen LogP contribution in [-0.2, 0) is 12.6 Å². The molecular weight excluding hydrogens is 267 g/mol. The van der Waals surface area contributed by atoms with Crippen LogP contribution < -0.4 is 0 Å². The lowest BCUT2D eigenvalue weighted by molar-refractivity contribution is -0.143. The zero-order chi connectivity index (χ0) is 14.9. The molecule has 1 heterocycles. The van der Waals surface area contributed by atoms with Crippen LogP contribution in [0.5, 0.6) is 0 Å².